The third-order valence-electron chi connectivity index (χ3n) is 4.01. The first-order chi connectivity index (χ1) is 13.1. The number of pyridine rings is 1. The number of amides is 2. The number of nitrogens with one attached hydrogen (secondary N) is 2. The average molecular weight is 400 g/mol. The minimum absolute atomic E-state index is 0.0834. The minimum atomic E-state index is -0.293. The van der Waals surface area contributed by atoms with E-state index in [2.05, 4.69) is 22.5 Å². The van der Waals surface area contributed by atoms with Gasteiger partial charge in [0.25, 0.3) is 5.91 Å². The Kier molecular flexibility index (Phi) is 7.24. The average Bonchev–Trinajstić information content (AvgIpc) is 2.58. The van der Waals surface area contributed by atoms with Crippen molar-refractivity contribution in [3.8, 4) is 0 Å². The zero-order valence-corrected chi connectivity index (χ0v) is 18.3. The molecule has 0 saturated heterocycles. The van der Waals surface area contributed by atoms with Gasteiger partial charge in [0, 0.05) is 16.9 Å². The van der Waals surface area contributed by atoms with E-state index in [-0.39, 0.29) is 23.1 Å². The van der Waals surface area contributed by atoms with Crippen LogP contribution in [0.25, 0.3) is 0 Å². The monoisotopic (exact) mass is 399 g/mol. The number of aryl methyl sites for hydroxylation is 3. The van der Waals surface area contributed by atoms with E-state index >= 15 is 0 Å². The smallest absolute Gasteiger partial charge is 0.258 e. The largest absolute Gasteiger partial charge is 0.351 e. The molecule has 0 radical (unpaired) electrons. The van der Waals surface area contributed by atoms with Gasteiger partial charge >= 0.3 is 0 Å². The summed E-state index contributed by atoms with van der Waals surface area (Å²) in [5.74, 6) is -0.0912. The van der Waals surface area contributed by atoms with Crippen LogP contribution >= 0.6 is 11.8 Å². The molecule has 2 aromatic rings. The van der Waals surface area contributed by atoms with Gasteiger partial charge < -0.3 is 10.6 Å². The second-order valence-corrected chi connectivity index (χ2v) is 8.82. The Morgan fingerprint density at radius 1 is 1.11 bits per heavy atom. The van der Waals surface area contributed by atoms with Crippen LogP contribution < -0.4 is 10.6 Å². The van der Waals surface area contributed by atoms with Crippen LogP contribution in [0.15, 0.2) is 35.4 Å². The van der Waals surface area contributed by atoms with Crippen LogP contribution in [0.2, 0.25) is 0 Å². The Bertz CT molecular complexity index is 855. The Morgan fingerprint density at radius 3 is 2.32 bits per heavy atom. The molecule has 0 unspecified atom stereocenters. The summed E-state index contributed by atoms with van der Waals surface area (Å²) in [7, 11) is 0. The van der Waals surface area contributed by atoms with Gasteiger partial charge in [0.1, 0.15) is 5.03 Å². The van der Waals surface area contributed by atoms with Gasteiger partial charge in [0.15, 0.2) is 0 Å². The van der Waals surface area contributed by atoms with Gasteiger partial charge in [-0.15, -0.1) is 0 Å². The minimum Gasteiger partial charge on any atom is -0.351 e. The van der Waals surface area contributed by atoms with Crippen LogP contribution in [-0.4, -0.2) is 28.1 Å². The van der Waals surface area contributed by atoms with Gasteiger partial charge in [-0.25, -0.2) is 4.98 Å². The van der Waals surface area contributed by atoms with Crippen molar-refractivity contribution in [3.63, 3.8) is 0 Å². The molecule has 0 bridgehead atoms. The van der Waals surface area contributed by atoms with Gasteiger partial charge in [-0.05, 0) is 70.4 Å². The van der Waals surface area contributed by atoms with Crippen LogP contribution in [0.5, 0.6) is 0 Å². The second kappa shape index (κ2) is 9.24. The maximum atomic E-state index is 12.9. The summed E-state index contributed by atoms with van der Waals surface area (Å²) in [5.41, 5.74) is 3.84. The van der Waals surface area contributed by atoms with Crippen molar-refractivity contribution >= 4 is 29.3 Å². The summed E-state index contributed by atoms with van der Waals surface area (Å²) in [4.78, 5) is 29.6. The van der Waals surface area contributed by atoms with Gasteiger partial charge in [-0.1, -0.05) is 30.8 Å². The lowest BCUT2D eigenvalue weighted by Crippen LogP contribution is -2.41. The van der Waals surface area contributed by atoms with Crippen molar-refractivity contribution in [1.82, 2.24) is 10.3 Å². The lowest BCUT2D eigenvalue weighted by atomic mass is 10.1. The summed E-state index contributed by atoms with van der Waals surface area (Å²) in [6.45, 7) is 11.7. The highest BCUT2D eigenvalue weighted by atomic mass is 32.2. The van der Waals surface area contributed by atoms with Crippen LogP contribution in [0.4, 0.5) is 5.69 Å². The molecular formula is C22H29N3O2S. The molecule has 2 rings (SSSR count). The highest BCUT2D eigenvalue weighted by Gasteiger charge is 2.20. The number of carbonyl (C=O) groups is 2. The second-order valence-electron chi connectivity index (χ2n) is 7.85. The molecule has 1 heterocycles. The molecule has 0 fully saturated rings. The van der Waals surface area contributed by atoms with E-state index in [0.29, 0.717) is 10.6 Å². The SMILES string of the molecule is CCc1ccc(NC(=O)c2c(C)cc(C)nc2SCC(=O)NC(C)(C)C)cc1. The van der Waals surface area contributed by atoms with Crippen molar-refractivity contribution < 1.29 is 9.59 Å². The number of aromatic nitrogens is 1. The van der Waals surface area contributed by atoms with E-state index in [1.54, 1.807) is 0 Å². The number of hydrogen-bond acceptors (Lipinski definition) is 4. The van der Waals surface area contributed by atoms with Gasteiger partial charge in [0.05, 0.1) is 11.3 Å². The van der Waals surface area contributed by atoms with Crippen LogP contribution in [0, 0.1) is 13.8 Å². The summed E-state index contributed by atoms with van der Waals surface area (Å²) in [5, 5.41) is 6.45. The van der Waals surface area contributed by atoms with E-state index in [9.17, 15) is 9.59 Å². The van der Waals surface area contributed by atoms with Gasteiger partial charge in [-0.2, -0.15) is 0 Å². The number of rotatable bonds is 6. The molecule has 0 aliphatic carbocycles. The first-order valence-corrected chi connectivity index (χ1v) is 10.4. The molecule has 2 N–H and O–H groups in total. The highest BCUT2D eigenvalue weighted by Crippen LogP contribution is 2.25. The van der Waals surface area contributed by atoms with Crippen LogP contribution in [0.1, 0.15) is 54.9 Å². The molecule has 0 aliphatic heterocycles. The zero-order chi connectivity index (χ0) is 20.9. The summed E-state index contributed by atoms with van der Waals surface area (Å²) >= 11 is 1.29. The normalized spacial score (nSPS) is 11.2. The molecule has 0 aliphatic rings. The standard InChI is InChI=1S/C22H29N3O2S/c1-7-16-8-10-17(11-9-16)24-20(27)19-14(2)12-15(3)23-21(19)28-13-18(26)25-22(4,5)6/h8-12H,7,13H2,1-6H3,(H,24,27)(H,25,26). The van der Waals surface area contributed by atoms with E-state index in [1.165, 1.54) is 17.3 Å². The number of hydrogen-bond donors (Lipinski definition) is 2. The number of nitrogens with zero attached hydrogens (tertiary/aromatic N) is 1. The predicted octanol–water partition coefficient (Wildman–Crippen LogP) is 4.52. The first kappa shape index (κ1) is 22.0. The van der Waals surface area contributed by atoms with Crippen molar-refractivity contribution in [2.75, 3.05) is 11.1 Å². The summed E-state index contributed by atoms with van der Waals surface area (Å²) in [6.07, 6.45) is 0.951. The van der Waals surface area contributed by atoms with Crippen LogP contribution in [0.3, 0.4) is 0 Å². The lowest BCUT2D eigenvalue weighted by Gasteiger charge is -2.20. The first-order valence-electron chi connectivity index (χ1n) is 9.41. The van der Waals surface area contributed by atoms with Crippen LogP contribution in [-0.2, 0) is 11.2 Å². The van der Waals surface area contributed by atoms with Gasteiger partial charge in [-0.3, -0.25) is 9.59 Å². The molecule has 5 nitrogen and oxygen atoms in total. The predicted molar refractivity (Wildman–Crippen MR) is 116 cm³/mol. The topological polar surface area (TPSA) is 71.1 Å². The Morgan fingerprint density at radius 2 is 1.75 bits per heavy atom. The third kappa shape index (κ3) is 6.37. The molecule has 6 heteroatoms. The van der Waals surface area contributed by atoms with E-state index in [1.807, 2.05) is 65.0 Å². The van der Waals surface area contributed by atoms with Crippen molar-refractivity contribution in [2.45, 2.75) is 58.5 Å². The van der Waals surface area contributed by atoms with E-state index in [4.69, 9.17) is 0 Å². The molecule has 28 heavy (non-hydrogen) atoms. The summed E-state index contributed by atoms with van der Waals surface area (Å²) < 4.78 is 0. The molecule has 1 aromatic carbocycles. The molecule has 150 valence electrons. The van der Waals surface area contributed by atoms with Gasteiger partial charge in [0.2, 0.25) is 5.91 Å². The maximum absolute atomic E-state index is 12.9. The molecule has 1 aromatic heterocycles. The van der Waals surface area contributed by atoms with Crippen molar-refractivity contribution in [2.24, 2.45) is 0 Å². The molecule has 2 amide bonds. The number of anilines is 1. The summed E-state index contributed by atoms with van der Waals surface area (Å²) in [6, 6.07) is 9.69. The number of thioether (sulfide) groups is 1. The number of carbonyl (C=O) groups excluding carboxylic acids is 2. The lowest BCUT2D eigenvalue weighted by molar-refractivity contribution is -0.119. The zero-order valence-electron chi connectivity index (χ0n) is 17.5. The fraction of sp³-hybridized carbons (Fsp3) is 0.409. The quantitative estimate of drug-likeness (QED) is 0.701. The Balaban J connectivity index is 2.20. The van der Waals surface area contributed by atoms with Crippen molar-refractivity contribution in [3.05, 3.63) is 52.7 Å². The van der Waals surface area contributed by atoms with Crippen molar-refractivity contribution in [1.29, 1.82) is 0 Å². The van der Waals surface area contributed by atoms with E-state index in [0.717, 1.165) is 23.4 Å². The number of benzene rings is 1. The fourth-order valence-electron chi connectivity index (χ4n) is 2.79. The Labute approximate surface area is 171 Å². The molecular weight excluding hydrogens is 370 g/mol. The maximum Gasteiger partial charge on any atom is 0.258 e. The molecule has 0 atom stereocenters. The highest BCUT2D eigenvalue weighted by molar-refractivity contribution is 8.00. The molecule has 0 saturated carbocycles. The third-order valence-corrected chi connectivity index (χ3v) is 4.99. The van der Waals surface area contributed by atoms with E-state index < -0.39 is 0 Å². The molecule has 0 spiro atoms. The fourth-order valence-corrected chi connectivity index (χ4v) is 3.74. The Hall–Kier alpha value is -2.34.